The number of ketones is 3. The number of aromatic amines is 5. The predicted octanol–water partition coefficient (Wildman–Crippen LogP) is 7.97. The molecule has 32 heteroatoms. The number of ether oxygens (including phenoxy) is 5. The van der Waals surface area contributed by atoms with E-state index in [1.165, 1.54) is 41.5 Å². The van der Waals surface area contributed by atoms with Crippen molar-refractivity contribution in [1.29, 1.82) is 0 Å². The summed E-state index contributed by atoms with van der Waals surface area (Å²) in [6.07, 6.45) is 6.90. The number of methoxy groups -OCH3 is 4. The number of hydrazine groups is 1. The third-order valence-corrected chi connectivity index (χ3v) is 16.2. The molecule has 0 amide bonds. The van der Waals surface area contributed by atoms with Crippen LogP contribution in [0.4, 0.5) is 0 Å². The summed E-state index contributed by atoms with van der Waals surface area (Å²) in [5.41, 5.74) is 9.25. The van der Waals surface area contributed by atoms with Crippen molar-refractivity contribution in [3.05, 3.63) is 311 Å². The third kappa shape index (κ3) is 36.7. The Labute approximate surface area is 700 Å². The first-order valence-corrected chi connectivity index (χ1v) is 35.4. The van der Waals surface area contributed by atoms with Crippen molar-refractivity contribution in [2.45, 2.75) is 85.0 Å². The predicted molar refractivity (Wildman–Crippen MR) is 433 cm³/mol. The zero-order chi connectivity index (χ0) is 83.7. The van der Waals surface area contributed by atoms with Crippen LogP contribution in [0.2, 0.25) is 10.0 Å². The van der Waals surface area contributed by atoms with Crippen LogP contribution in [0, 0.1) is 0 Å². The number of hydrogen-bond donors (Lipinski definition) is 9. The molecule has 0 spiro atoms. The largest absolute Gasteiger partial charge is 1.00 e. The van der Waals surface area contributed by atoms with E-state index in [0.717, 1.165) is 89.6 Å². The number of halogens is 2. The molecule has 0 atom stereocenters. The second-order valence-corrected chi connectivity index (χ2v) is 24.4. The van der Waals surface area contributed by atoms with Crippen LogP contribution >= 0.6 is 23.2 Å². The molecule has 0 saturated heterocycles. The van der Waals surface area contributed by atoms with Crippen LogP contribution in [0.3, 0.4) is 0 Å². The minimum atomic E-state index is -0.998. The van der Waals surface area contributed by atoms with Gasteiger partial charge in [-0.25, -0.2) is 28.8 Å². The molecule has 0 bridgehead atoms. The number of nitrogens with zero attached hydrogens (tertiary/aromatic N) is 3. The maximum absolute atomic E-state index is 12.4. The number of carboxylic acid groups (broad SMARTS) is 1. The molecular formula is C84H91Cl2N10NaO19. The van der Waals surface area contributed by atoms with E-state index in [9.17, 15) is 52.7 Å². The van der Waals surface area contributed by atoms with E-state index < -0.39 is 52.7 Å². The molecule has 5 aromatic heterocycles. The average Bonchev–Trinajstić information content (AvgIpc) is 0.902. The smallest absolute Gasteiger partial charge is 0.857 e. The zero-order valence-corrected chi connectivity index (χ0v) is 67.7. The number of nitrogens with two attached hydrogens (primary N) is 2. The van der Waals surface area contributed by atoms with Crippen molar-refractivity contribution in [2.24, 2.45) is 11.7 Å². The molecule has 0 radical (unpaired) electrons. The van der Waals surface area contributed by atoms with Gasteiger partial charge in [0.05, 0.1) is 55.9 Å². The standard InChI is InChI=1S/C21H16ClN3O3.C13H14N2O2.C13H14O4.C12H12N2O2.C10H12O.C9H6ClNO2.C4H6O4.CH3O.CH4.H4N2.Na/c22-16-7-4-8-17-15(16)12-19(20(26)23-17)28-21(27)18-11-14(24-25-18)10-9-13-5-2-1-3-6-13;1-17-13(16)12-9-11(14-15-12)8-7-10-5-3-2-4-6-10;1-17-13(16)12(15)9-11(14)8-7-10-5-3-2-4-6-10;15-12(16)11-8-10(13-14-11)7-6-9-4-2-1-3-5-9;1-9(11)7-8-10-5-3-2-4-6-10;10-6-2-1-3-7-5(6)4-8(12)9(13)11-7;1-7-3(5)4(6)8-2;1-2;;1-2;/h1-8,11-12H,9-10H2,(H,23,26)(H,24,25);2-6,9H,7-8H2,1H3,(H,14,15);2-6H,7-9H2,1H3;1-5,8H,6-7H2,(H,13,14)(H,15,16);2-6H,7-8H2,1H3;1-4,12H,(H,11,13);1-2H3;1H3;1H4;1-2H2;/q;;;;;;;-1;;;+1. The van der Waals surface area contributed by atoms with Crippen molar-refractivity contribution < 1.29 is 112 Å². The Hall–Kier alpha value is -12.3. The quantitative estimate of drug-likeness (QED) is 0.00590. The number of esters is 5. The van der Waals surface area contributed by atoms with Gasteiger partial charge in [0.25, 0.3) is 11.1 Å². The monoisotopic (exact) mass is 1640 g/mol. The van der Waals surface area contributed by atoms with Crippen molar-refractivity contribution >= 4 is 98.2 Å². The molecule has 11 N–H and O–H groups in total. The fourth-order valence-corrected chi connectivity index (χ4v) is 10.2. The Balaban J connectivity index is 0.000000468. The summed E-state index contributed by atoms with van der Waals surface area (Å²) in [5, 5.41) is 48.3. The molecule has 5 heterocycles. The molecule has 116 heavy (non-hydrogen) atoms. The van der Waals surface area contributed by atoms with Gasteiger partial charge in [0, 0.05) is 40.7 Å². The molecular weight excluding hydrogens is 1550 g/mol. The first-order chi connectivity index (χ1) is 55.0. The number of nitrogens with one attached hydrogen (secondary N) is 5. The Morgan fingerprint density at radius 1 is 0.431 bits per heavy atom. The molecule has 606 valence electrons. The van der Waals surface area contributed by atoms with E-state index in [1.54, 1.807) is 61.5 Å². The van der Waals surface area contributed by atoms with Crippen LogP contribution in [0.15, 0.2) is 228 Å². The van der Waals surface area contributed by atoms with Gasteiger partial charge >= 0.3 is 65.4 Å². The van der Waals surface area contributed by atoms with Gasteiger partial charge in [-0.3, -0.25) is 46.2 Å². The number of carbonyl (C=O) groups is 9. The van der Waals surface area contributed by atoms with Gasteiger partial charge < -0.3 is 53.8 Å². The number of aromatic hydroxyl groups is 1. The molecule has 12 aromatic rings. The molecule has 12 rings (SSSR count). The number of fused-ring (bicyclic) bond motifs is 2. The number of benzene rings is 7. The second kappa shape index (κ2) is 56.0. The number of aromatic carboxylic acids is 1. The fourth-order valence-electron chi connectivity index (χ4n) is 9.76. The van der Waals surface area contributed by atoms with Gasteiger partial charge in [-0.05, 0) is 141 Å². The molecule has 0 saturated carbocycles. The summed E-state index contributed by atoms with van der Waals surface area (Å²) in [7, 11) is 5.44. The molecule has 7 aromatic carbocycles. The van der Waals surface area contributed by atoms with Crippen LogP contribution in [-0.2, 0) is 99.1 Å². The number of aromatic nitrogens is 8. The van der Waals surface area contributed by atoms with Gasteiger partial charge in [0.15, 0.2) is 28.6 Å². The molecule has 0 aliphatic carbocycles. The van der Waals surface area contributed by atoms with Gasteiger partial charge in [-0.15, -0.1) is 0 Å². The Kier molecular flexibility index (Phi) is 48.2. The van der Waals surface area contributed by atoms with E-state index in [1.807, 2.05) is 127 Å². The number of hydrogen-bond acceptors (Lipinski definition) is 23. The summed E-state index contributed by atoms with van der Waals surface area (Å²) >= 11 is 12.0. The Morgan fingerprint density at radius 3 is 1.14 bits per heavy atom. The summed E-state index contributed by atoms with van der Waals surface area (Å²) < 4.78 is 22.1. The normalized spacial score (nSPS) is 9.68. The number of Topliss-reactive ketones (excluding diaryl/α,β-unsaturated/α-hetero) is 3. The maximum Gasteiger partial charge on any atom is 1.00 e. The van der Waals surface area contributed by atoms with Gasteiger partial charge in [0.2, 0.25) is 5.78 Å². The number of H-pyrrole nitrogens is 5. The maximum atomic E-state index is 12.4. The van der Waals surface area contributed by atoms with E-state index >= 15 is 0 Å². The van der Waals surface area contributed by atoms with Crippen LogP contribution in [0.1, 0.15) is 110 Å². The van der Waals surface area contributed by atoms with Crippen molar-refractivity contribution in [1.82, 2.24) is 40.6 Å². The second-order valence-electron chi connectivity index (χ2n) is 23.6. The molecule has 0 fully saturated rings. The first kappa shape index (κ1) is 99.8. The minimum Gasteiger partial charge on any atom is -0.857 e. The number of pyridine rings is 2. The van der Waals surface area contributed by atoms with E-state index in [-0.39, 0.29) is 84.3 Å². The Bertz CT molecular complexity index is 5110. The number of carbonyl (C=O) groups excluding carboxylic acids is 8. The summed E-state index contributed by atoms with van der Waals surface area (Å²) in [6, 6.07) is 67.9. The van der Waals surface area contributed by atoms with Crippen LogP contribution in [0.5, 0.6) is 11.5 Å². The van der Waals surface area contributed by atoms with Crippen LogP contribution in [-0.4, -0.2) is 139 Å². The number of aryl methyl sites for hydroxylation is 8. The van der Waals surface area contributed by atoms with Gasteiger partial charge in [-0.2, -0.15) is 22.4 Å². The first-order valence-electron chi connectivity index (χ1n) is 34.7. The third-order valence-electron chi connectivity index (χ3n) is 15.6. The number of carboxylic acids is 1. The van der Waals surface area contributed by atoms with Crippen LogP contribution < -0.4 is 62.2 Å². The molecule has 0 aliphatic heterocycles. The molecule has 29 nitrogen and oxygen atoms in total. The van der Waals surface area contributed by atoms with Crippen molar-refractivity contribution in [3.63, 3.8) is 0 Å². The summed E-state index contributed by atoms with van der Waals surface area (Å²) in [5.74, 6) is 1.75. The van der Waals surface area contributed by atoms with E-state index in [0.29, 0.717) is 56.8 Å². The zero-order valence-electron chi connectivity index (χ0n) is 64.1. The van der Waals surface area contributed by atoms with Gasteiger partial charge in [0.1, 0.15) is 11.6 Å². The fraction of sp³-hybridized carbons (Fsp3) is 0.214. The molecule has 0 aliphatic rings. The summed E-state index contributed by atoms with van der Waals surface area (Å²) in [6.45, 7) is 1.63. The van der Waals surface area contributed by atoms with E-state index in [2.05, 4.69) is 95.5 Å². The summed E-state index contributed by atoms with van der Waals surface area (Å²) in [4.78, 5) is 127. The van der Waals surface area contributed by atoms with Gasteiger partial charge in [-0.1, -0.05) is 194 Å². The van der Waals surface area contributed by atoms with Crippen molar-refractivity contribution in [2.75, 3.05) is 35.5 Å². The number of rotatable bonds is 22. The van der Waals surface area contributed by atoms with Crippen molar-refractivity contribution in [3.8, 4) is 11.5 Å². The average molecular weight is 1640 g/mol. The Morgan fingerprint density at radius 2 is 0.776 bits per heavy atom. The molecule has 0 unspecified atom stereocenters. The SMILES string of the molecule is C.CC(=O)CCc1ccccc1.COC(=O)C(=O)CC(=O)CCc1ccccc1.COC(=O)C(=O)OC.COC(=O)c1cc(CCc2ccccc2)[nH]n1.C[O-].NN.O=C(O)c1cc(CCc2ccccc2)[nH]n1.O=C(Oc1cc2c(Cl)cccc2[nH]c1=O)c1cc(CCc2ccccc2)[nH]n1.O=c1[nH]c2cccc(Cl)c2cc1O.[Na+]. The topological polar surface area (TPSA) is 467 Å². The minimum absolute atomic E-state index is 0. The van der Waals surface area contributed by atoms with Crippen LogP contribution in [0.25, 0.3) is 21.8 Å². The van der Waals surface area contributed by atoms with E-state index in [4.69, 9.17) is 43.3 Å².